The Morgan fingerprint density at radius 2 is 1.42 bits per heavy atom. The Morgan fingerprint density at radius 1 is 0.871 bits per heavy atom. The van der Waals surface area contributed by atoms with Crippen molar-refractivity contribution < 1.29 is 14.3 Å². The minimum absolute atomic E-state index is 0.315. The number of ether oxygens (including phenoxy) is 1. The van der Waals surface area contributed by atoms with Crippen LogP contribution in [-0.4, -0.2) is 25.0 Å². The van der Waals surface area contributed by atoms with Crippen molar-refractivity contribution in [3.05, 3.63) is 92.9 Å². The normalized spacial score (nSPS) is 12.0. The fraction of sp³-hybridized carbons (Fsp3) is 0.120. The molecule has 0 aromatic heterocycles. The summed E-state index contributed by atoms with van der Waals surface area (Å²) in [5.41, 5.74) is 1.44. The molecule has 0 aliphatic heterocycles. The Morgan fingerprint density at radius 3 is 1.97 bits per heavy atom. The molecule has 0 bridgehead atoms. The van der Waals surface area contributed by atoms with Gasteiger partial charge in [0.1, 0.15) is 6.04 Å². The summed E-state index contributed by atoms with van der Waals surface area (Å²) in [4.78, 5) is 25.6. The van der Waals surface area contributed by atoms with Crippen molar-refractivity contribution in [1.82, 2.24) is 5.32 Å². The van der Waals surface area contributed by atoms with Crippen LogP contribution in [0, 0.1) is 0 Å². The van der Waals surface area contributed by atoms with Crippen LogP contribution in [0.25, 0.3) is 21.5 Å². The molecule has 0 fully saturated rings. The smallest absolute Gasteiger partial charge is 0.328 e. The highest BCUT2D eigenvalue weighted by atomic mass is 79.9. The van der Waals surface area contributed by atoms with Crippen molar-refractivity contribution in [2.45, 2.75) is 12.5 Å². The first-order valence-corrected chi connectivity index (χ1v) is 11.3. The molecule has 1 amide bonds. The number of rotatable bonds is 5. The summed E-state index contributed by atoms with van der Waals surface area (Å²) >= 11 is 6.79. The Kier molecular flexibility index (Phi) is 6.39. The van der Waals surface area contributed by atoms with Crippen LogP contribution in [-0.2, 0) is 16.0 Å². The first-order chi connectivity index (χ1) is 15.0. The van der Waals surface area contributed by atoms with Crippen LogP contribution in [0.4, 0.5) is 0 Å². The van der Waals surface area contributed by atoms with E-state index < -0.39 is 12.0 Å². The molecule has 4 rings (SSSR count). The third kappa shape index (κ3) is 4.65. The third-order valence-electron chi connectivity index (χ3n) is 5.21. The van der Waals surface area contributed by atoms with Crippen LogP contribution in [0.2, 0.25) is 0 Å². The zero-order chi connectivity index (χ0) is 22.0. The lowest BCUT2D eigenvalue weighted by atomic mass is 9.92. The van der Waals surface area contributed by atoms with Crippen LogP contribution in [0.3, 0.4) is 0 Å². The Bertz CT molecular complexity index is 1230. The summed E-state index contributed by atoms with van der Waals surface area (Å²) in [6.07, 6.45) is 0.315. The average molecular weight is 541 g/mol. The van der Waals surface area contributed by atoms with Gasteiger partial charge < -0.3 is 10.1 Å². The molecule has 1 N–H and O–H groups in total. The van der Waals surface area contributed by atoms with E-state index in [-0.39, 0.29) is 5.91 Å². The van der Waals surface area contributed by atoms with Crippen LogP contribution >= 0.6 is 31.9 Å². The van der Waals surface area contributed by atoms with Gasteiger partial charge in [-0.1, -0.05) is 80.4 Å². The highest BCUT2D eigenvalue weighted by Gasteiger charge is 2.25. The zero-order valence-electron chi connectivity index (χ0n) is 16.7. The molecule has 1 atom stereocenters. The summed E-state index contributed by atoms with van der Waals surface area (Å²) in [5.74, 6) is -0.832. The SMILES string of the molecule is COC(=O)[C@@H](Cc1c2ccccc2cc2ccccc12)NC(=O)c1cc(Br)cc(Br)c1. The van der Waals surface area contributed by atoms with Gasteiger partial charge in [-0.15, -0.1) is 0 Å². The number of nitrogens with one attached hydrogen (secondary N) is 1. The maximum atomic E-state index is 12.9. The van der Waals surface area contributed by atoms with E-state index in [0.717, 1.165) is 36.1 Å². The van der Waals surface area contributed by atoms with E-state index in [1.165, 1.54) is 7.11 Å². The molecule has 0 unspecified atom stereocenters. The van der Waals surface area contributed by atoms with Crippen LogP contribution < -0.4 is 5.32 Å². The minimum atomic E-state index is -0.829. The number of benzene rings is 4. The number of amides is 1. The van der Waals surface area contributed by atoms with Gasteiger partial charge in [-0.05, 0) is 51.4 Å². The van der Waals surface area contributed by atoms with E-state index in [1.807, 2.05) is 42.5 Å². The lowest BCUT2D eigenvalue weighted by Gasteiger charge is -2.19. The molecule has 4 aromatic carbocycles. The van der Waals surface area contributed by atoms with Crippen molar-refractivity contribution in [2.24, 2.45) is 0 Å². The minimum Gasteiger partial charge on any atom is -0.467 e. The number of methoxy groups -OCH3 is 1. The zero-order valence-corrected chi connectivity index (χ0v) is 19.9. The third-order valence-corrected chi connectivity index (χ3v) is 6.12. The highest BCUT2D eigenvalue weighted by molar-refractivity contribution is 9.11. The predicted molar refractivity (Wildman–Crippen MR) is 130 cm³/mol. The number of fused-ring (bicyclic) bond motifs is 2. The summed E-state index contributed by atoms with van der Waals surface area (Å²) in [6, 6.07) is 22.7. The topological polar surface area (TPSA) is 55.4 Å². The molecule has 0 radical (unpaired) electrons. The molecule has 0 aliphatic rings. The van der Waals surface area contributed by atoms with Gasteiger partial charge in [0, 0.05) is 20.9 Å². The molecule has 0 spiro atoms. The first kappa shape index (κ1) is 21.5. The van der Waals surface area contributed by atoms with E-state index in [9.17, 15) is 9.59 Å². The van der Waals surface area contributed by atoms with Gasteiger partial charge in [0.25, 0.3) is 5.91 Å². The standard InChI is InChI=1S/C25H19Br2NO3/c1-31-25(30)23(28-24(29)17-11-18(26)13-19(27)12-17)14-22-20-8-4-2-6-15(20)10-16-7-3-5-9-21(16)22/h2-13,23H,14H2,1H3,(H,28,29)/t23-/m1/s1. The summed E-state index contributed by atoms with van der Waals surface area (Å²) in [6.45, 7) is 0. The molecule has 0 saturated heterocycles. The Balaban J connectivity index is 1.75. The van der Waals surface area contributed by atoms with E-state index in [0.29, 0.717) is 12.0 Å². The molecule has 0 heterocycles. The van der Waals surface area contributed by atoms with Crippen molar-refractivity contribution in [2.75, 3.05) is 7.11 Å². The number of carbonyl (C=O) groups excluding carboxylic acids is 2. The van der Waals surface area contributed by atoms with Crippen LogP contribution in [0.1, 0.15) is 15.9 Å². The summed E-state index contributed by atoms with van der Waals surface area (Å²) in [7, 11) is 1.33. The van der Waals surface area contributed by atoms with E-state index in [2.05, 4.69) is 55.4 Å². The Labute approximate surface area is 196 Å². The summed E-state index contributed by atoms with van der Waals surface area (Å²) < 4.78 is 6.55. The van der Waals surface area contributed by atoms with Crippen LogP contribution in [0.15, 0.2) is 81.7 Å². The number of hydrogen-bond donors (Lipinski definition) is 1. The molecule has 4 aromatic rings. The van der Waals surface area contributed by atoms with E-state index in [4.69, 9.17) is 4.74 Å². The maximum absolute atomic E-state index is 12.9. The van der Waals surface area contributed by atoms with Gasteiger partial charge in [0.15, 0.2) is 0 Å². The van der Waals surface area contributed by atoms with Crippen molar-refractivity contribution >= 4 is 65.3 Å². The van der Waals surface area contributed by atoms with Crippen molar-refractivity contribution in [3.63, 3.8) is 0 Å². The second-order valence-electron chi connectivity index (χ2n) is 7.21. The second kappa shape index (κ2) is 9.20. The maximum Gasteiger partial charge on any atom is 0.328 e. The van der Waals surface area contributed by atoms with Gasteiger partial charge in [0.2, 0.25) is 0 Å². The molecule has 6 heteroatoms. The van der Waals surface area contributed by atoms with Gasteiger partial charge >= 0.3 is 5.97 Å². The quantitative estimate of drug-likeness (QED) is 0.248. The van der Waals surface area contributed by atoms with Crippen molar-refractivity contribution in [3.8, 4) is 0 Å². The fourth-order valence-electron chi connectivity index (χ4n) is 3.79. The molecule has 156 valence electrons. The van der Waals surface area contributed by atoms with Gasteiger partial charge in [-0.2, -0.15) is 0 Å². The van der Waals surface area contributed by atoms with E-state index in [1.54, 1.807) is 12.1 Å². The molecule has 4 nitrogen and oxygen atoms in total. The van der Waals surface area contributed by atoms with Crippen LogP contribution in [0.5, 0.6) is 0 Å². The number of hydrogen-bond acceptors (Lipinski definition) is 3. The van der Waals surface area contributed by atoms with Gasteiger partial charge in [0.05, 0.1) is 7.11 Å². The highest BCUT2D eigenvalue weighted by Crippen LogP contribution is 2.30. The summed E-state index contributed by atoms with van der Waals surface area (Å²) in [5, 5.41) is 7.13. The average Bonchev–Trinajstić information content (AvgIpc) is 2.77. The Hall–Kier alpha value is -2.70. The van der Waals surface area contributed by atoms with Crippen molar-refractivity contribution in [1.29, 1.82) is 0 Å². The largest absolute Gasteiger partial charge is 0.467 e. The fourth-order valence-corrected chi connectivity index (χ4v) is 5.09. The molecule has 0 aliphatic carbocycles. The predicted octanol–water partition coefficient (Wildman–Crippen LogP) is 6.03. The molecule has 31 heavy (non-hydrogen) atoms. The van der Waals surface area contributed by atoms with Gasteiger partial charge in [-0.25, -0.2) is 4.79 Å². The first-order valence-electron chi connectivity index (χ1n) is 9.70. The van der Waals surface area contributed by atoms with Gasteiger partial charge in [-0.3, -0.25) is 4.79 Å². The number of esters is 1. The lowest BCUT2D eigenvalue weighted by molar-refractivity contribution is -0.142. The number of halogens is 2. The monoisotopic (exact) mass is 539 g/mol. The van der Waals surface area contributed by atoms with E-state index >= 15 is 0 Å². The molecular formula is C25H19Br2NO3. The lowest BCUT2D eigenvalue weighted by Crippen LogP contribution is -2.43. The number of carbonyl (C=O) groups is 2. The molecular weight excluding hydrogens is 522 g/mol. The molecule has 0 saturated carbocycles. The second-order valence-corrected chi connectivity index (χ2v) is 9.04.